The summed E-state index contributed by atoms with van der Waals surface area (Å²) in [5.74, 6) is 0.867. The molecular formula is C20H25N3O. The molecule has 0 spiro atoms. The lowest BCUT2D eigenvalue weighted by atomic mass is 10.1. The summed E-state index contributed by atoms with van der Waals surface area (Å²) in [5, 5.41) is 6.96. The van der Waals surface area contributed by atoms with Crippen LogP contribution < -0.4 is 9.64 Å². The highest BCUT2D eigenvalue weighted by Gasteiger charge is 2.16. The third kappa shape index (κ3) is 3.88. The molecule has 0 N–H and O–H groups in total. The molecule has 0 atom stereocenters. The number of hydrogen-bond acceptors (Lipinski definition) is 4. The minimum atomic E-state index is 0.867. The predicted octanol–water partition coefficient (Wildman–Crippen LogP) is 3.55. The van der Waals surface area contributed by atoms with E-state index in [1.54, 1.807) is 7.11 Å². The number of benzene rings is 2. The van der Waals surface area contributed by atoms with E-state index in [0.717, 1.165) is 43.2 Å². The largest absolute Gasteiger partial charge is 0.497 e. The van der Waals surface area contributed by atoms with Crippen molar-refractivity contribution in [2.75, 3.05) is 38.2 Å². The molecular weight excluding hydrogens is 298 g/mol. The molecule has 0 amide bonds. The third-order valence-corrected chi connectivity index (χ3v) is 4.43. The molecule has 1 fully saturated rings. The minimum Gasteiger partial charge on any atom is -0.497 e. The Labute approximate surface area is 144 Å². The molecule has 1 aliphatic rings. The fourth-order valence-electron chi connectivity index (χ4n) is 2.93. The summed E-state index contributed by atoms with van der Waals surface area (Å²) < 4.78 is 5.29. The summed E-state index contributed by atoms with van der Waals surface area (Å²) in [6.45, 7) is 8.05. The van der Waals surface area contributed by atoms with Crippen LogP contribution in [0.2, 0.25) is 0 Å². The van der Waals surface area contributed by atoms with Crippen molar-refractivity contribution in [3.05, 3.63) is 59.7 Å². The maximum absolute atomic E-state index is 5.29. The molecule has 0 saturated carbocycles. The Morgan fingerprint density at radius 2 is 1.71 bits per heavy atom. The maximum atomic E-state index is 5.29. The van der Waals surface area contributed by atoms with Crippen LogP contribution in [-0.2, 0) is 0 Å². The zero-order valence-electron chi connectivity index (χ0n) is 14.7. The first-order valence-corrected chi connectivity index (χ1v) is 8.42. The average molecular weight is 323 g/mol. The molecule has 2 aromatic rings. The van der Waals surface area contributed by atoms with Crippen LogP contribution in [0.1, 0.15) is 18.1 Å². The van der Waals surface area contributed by atoms with Crippen molar-refractivity contribution in [1.29, 1.82) is 0 Å². The number of methoxy groups -OCH3 is 1. The predicted molar refractivity (Wildman–Crippen MR) is 100 cm³/mol. The number of rotatable bonds is 4. The molecule has 24 heavy (non-hydrogen) atoms. The van der Waals surface area contributed by atoms with Crippen LogP contribution in [0.15, 0.2) is 53.6 Å². The first kappa shape index (κ1) is 16.4. The molecule has 4 heteroatoms. The lowest BCUT2D eigenvalue weighted by Gasteiger charge is -2.35. The monoisotopic (exact) mass is 323 g/mol. The Balaban J connectivity index is 1.62. The van der Waals surface area contributed by atoms with Gasteiger partial charge in [0, 0.05) is 24.3 Å². The van der Waals surface area contributed by atoms with Crippen LogP contribution in [-0.4, -0.2) is 44.0 Å². The van der Waals surface area contributed by atoms with Crippen LogP contribution in [0.5, 0.6) is 5.75 Å². The molecule has 0 unspecified atom stereocenters. The van der Waals surface area contributed by atoms with Crippen molar-refractivity contribution in [1.82, 2.24) is 5.01 Å². The Bertz CT molecular complexity index is 701. The van der Waals surface area contributed by atoms with Crippen LogP contribution in [0.4, 0.5) is 5.69 Å². The second-order valence-electron chi connectivity index (χ2n) is 6.19. The lowest BCUT2D eigenvalue weighted by molar-refractivity contribution is 0.270. The van der Waals surface area contributed by atoms with Gasteiger partial charge in [-0.3, -0.25) is 5.01 Å². The van der Waals surface area contributed by atoms with Gasteiger partial charge in [-0.1, -0.05) is 29.8 Å². The standard InChI is InChI=1S/C20H25N3O/c1-16-7-9-19(10-8-16)22-11-13-23(14-12-22)21-17(2)18-5-4-6-20(15-18)24-3/h4-10,15H,11-14H2,1-3H3. The summed E-state index contributed by atoms with van der Waals surface area (Å²) >= 11 is 0. The number of aryl methyl sites for hydroxylation is 1. The zero-order chi connectivity index (χ0) is 16.9. The molecule has 0 aliphatic carbocycles. The van der Waals surface area contributed by atoms with Gasteiger partial charge in [0.15, 0.2) is 0 Å². The number of hydrogen-bond donors (Lipinski definition) is 0. The Kier molecular flexibility index (Phi) is 5.04. The molecule has 3 rings (SSSR count). The molecule has 4 nitrogen and oxygen atoms in total. The van der Waals surface area contributed by atoms with E-state index in [2.05, 4.69) is 54.1 Å². The van der Waals surface area contributed by atoms with Crippen molar-refractivity contribution in [3.8, 4) is 5.75 Å². The maximum Gasteiger partial charge on any atom is 0.119 e. The van der Waals surface area contributed by atoms with Gasteiger partial charge in [-0.05, 0) is 38.1 Å². The van der Waals surface area contributed by atoms with Crippen LogP contribution in [0.25, 0.3) is 0 Å². The van der Waals surface area contributed by atoms with Gasteiger partial charge in [0.2, 0.25) is 0 Å². The summed E-state index contributed by atoms with van der Waals surface area (Å²) in [6, 6.07) is 16.8. The van der Waals surface area contributed by atoms with Gasteiger partial charge in [-0.15, -0.1) is 0 Å². The van der Waals surface area contributed by atoms with Crippen molar-refractivity contribution in [2.45, 2.75) is 13.8 Å². The van der Waals surface area contributed by atoms with Crippen molar-refractivity contribution in [2.24, 2.45) is 5.10 Å². The van der Waals surface area contributed by atoms with E-state index in [9.17, 15) is 0 Å². The van der Waals surface area contributed by atoms with E-state index in [4.69, 9.17) is 9.84 Å². The number of anilines is 1. The molecule has 0 radical (unpaired) electrons. The van der Waals surface area contributed by atoms with Crippen LogP contribution in [0, 0.1) is 6.92 Å². The highest BCUT2D eigenvalue weighted by molar-refractivity contribution is 5.98. The molecule has 2 aromatic carbocycles. The highest BCUT2D eigenvalue weighted by Crippen LogP contribution is 2.18. The lowest BCUT2D eigenvalue weighted by Crippen LogP contribution is -2.44. The Morgan fingerprint density at radius 3 is 2.38 bits per heavy atom. The minimum absolute atomic E-state index is 0.867. The molecule has 1 aliphatic heterocycles. The topological polar surface area (TPSA) is 28.1 Å². The van der Waals surface area contributed by atoms with Gasteiger partial charge in [-0.25, -0.2) is 0 Å². The fraction of sp³-hybridized carbons (Fsp3) is 0.350. The SMILES string of the molecule is COc1cccc(C(C)=NN2CCN(c3ccc(C)cc3)CC2)c1. The van der Waals surface area contributed by atoms with Crippen molar-refractivity contribution >= 4 is 11.4 Å². The zero-order valence-corrected chi connectivity index (χ0v) is 14.7. The highest BCUT2D eigenvalue weighted by atomic mass is 16.5. The van der Waals surface area contributed by atoms with Gasteiger partial charge < -0.3 is 9.64 Å². The molecule has 0 aromatic heterocycles. The number of piperazine rings is 1. The van der Waals surface area contributed by atoms with E-state index in [0.29, 0.717) is 0 Å². The van der Waals surface area contributed by atoms with Crippen molar-refractivity contribution in [3.63, 3.8) is 0 Å². The molecule has 1 heterocycles. The van der Waals surface area contributed by atoms with E-state index < -0.39 is 0 Å². The summed E-state index contributed by atoms with van der Waals surface area (Å²) in [6.07, 6.45) is 0. The smallest absolute Gasteiger partial charge is 0.119 e. The fourth-order valence-corrected chi connectivity index (χ4v) is 2.93. The average Bonchev–Trinajstić information content (AvgIpc) is 2.63. The van der Waals surface area contributed by atoms with Gasteiger partial charge in [0.1, 0.15) is 5.75 Å². The van der Waals surface area contributed by atoms with Gasteiger partial charge >= 0.3 is 0 Å². The first-order chi connectivity index (χ1) is 11.7. The first-order valence-electron chi connectivity index (χ1n) is 8.42. The molecule has 0 bridgehead atoms. The van der Waals surface area contributed by atoms with E-state index in [1.807, 2.05) is 18.2 Å². The quantitative estimate of drug-likeness (QED) is 0.806. The van der Waals surface area contributed by atoms with Gasteiger partial charge in [0.25, 0.3) is 0 Å². The van der Waals surface area contributed by atoms with E-state index in [-0.39, 0.29) is 0 Å². The number of ether oxygens (including phenoxy) is 1. The molecule has 1 saturated heterocycles. The van der Waals surface area contributed by atoms with E-state index in [1.165, 1.54) is 11.3 Å². The van der Waals surface area contributed by atoms with Gasteiger partial charge in [0.05, 0.1) is 25.9 Å². The second-order valence-corrected chi connectivity index (χ2v) is 6.19. The number of nitrogens with zero attached hydrogens (tertiary/aromatic N) is 3. The summed E-state index contributed by atoms with van der Waals surface area (Å²) in [4.78, 5) is 2.42. The summed E-state index contributed by atoms with van der Waals surface area (Å²) in [7, 11) is 1.69. The molecule has 126 valence electrons. The van der Waals surface area contributed by atoms with Crippen LogP contribution >= 0.6 is 0 Å². The Morgan fingerprint density at radius 1 is 1.00 bits per heavy atom. The third-order valence-electron chi connectivity index (χ3n) is 4.43. The van der Waals surface area contributed by atoms with Crippen LogP contribution in [0.3, 0.4) is 0 Å². The summed E-state index contributed by atoms with van der Waals surface area (Å²) in [5.41, 5.74) is 4.73. The van der Waals surface area contributed by atoms with Gasteiger partial charge in [-0.2, -0.15) is 5.10 Å². The van der Waals surface area contributed by atoms with E-state index >= 15 is 0 Å². The number of hydrazone groups is 1. The second kappa shape index (κ2) is 7.39. The van der Waals surface area contributed by atoms with Crippen molar-refractivity contribution < 1.29 is 4.74 Å². The normalized spacial score (nSPS) is 15.5. The Hall–Kier alpha value is -2.49.